The van der Waals surface area contributed by atoms with E-state index in [4.69, 9.17) is 4.42 Å². The molecule has 9 rings (SSSR count). The number of thiophene rings is 1. The number of nitrogens with zero attached hydrogens (tertiary/aromatic N) is 1. The Morgan fingerprint density at radius 2 is 1.35 bits per heavy atom. The first-order valence-electron chi connectivity index (χ1n) is 13.3. The third-order valence-corrected chi connectivity index (χ3v) is 9.86. The fourth-order valence-electron chi connectivity index (χ4n) is 6.30. The summed E-state index contributed by atoms with van der Waals surface area (Å²) in [6.45, 7) is 0. The number of para-hydroxylation sites is 1. The number of furan rings is 1. The van der Waals surface area contributed by atoms with Crippen molar-refractivity contribution in [2.75, 3.05) is 0 Å². The molecule has 0 aliphatic carbocycles. The quantitative estimate of drug-likeness (QED) is 0.195. The van der Waals surface area contributed by atoms with Crippen molar-refractivity contribution in [2.45, 2.75) is 0 Å². The van der Waals surface area contributed by atoms with Crippen molar-refractivity contribution in [3.05, 3.63) is 126 Å². The van der Waals surface area contributed by atoms with Crippen LogP contribution in [-0.4, -0.2) is 4.57 Å². The Morgan fingerprint density at radius 3 is 2.27 bits per heavy atom. The van der Waals surface area contributed by atoms with Crippen LogP contribution in [0.2, 0.25) is 0 Å². The van der Waals surface area contributed by atoms with E-state index in [2.05, 4.69) is 130 Å². The lowest BCUT2D eigenvalue weighted by Gasteiger charge is -2.10. The summed E-state index contributed by atoms with van der Waals surface area (Å²) in [5.41, 5.74) is 7.80. The van der Waals surface area contributed by atoms with Crippen LogP contribution in [0.1, 0.15) is 0 Å². The smallest absolute Gasteiger partial charge is 0.136 e. The van der Waals surface area contributed by atoms with Crippen molar-refractivity contribution in [1.29, 1.82) is 0 Å². The minimum atomic E-state index is 0.896. The van der Waals surface area contributed by atoms with Crippen LogP contribution in [0.5, 0.6) is 0 Å². The van der Waals surface area contributed by atoms with Crippen LogP contribution in [0.3, 0.4) is 0 Å². The summed E-state index contributed by atoms with van der Waals surface area (Å²) in [7, 11) is 0. The molecule has 3 aromatic heterocycles. The molecule has 0 bridgehead atoms. The Morgan fingerprint density at radius 1 is 0.550 bits per heavy atom. The van der Waals surface area contributed by atoms with Gasteiger partial charge < -0.3 is 8.98 Å². The maximum atomic E-state index is 6.15. The summed E-state index contributed by atoms with van der Waals surface area (Å²) in [6.07, 6.45) is 0. The Hall–Kier alpha value is -4.38. The number of fused-ring (bicyclic) bond motifs is 10. The number of hydrogen-bond donors (Lipinski definition) is 0. The molecule has 0 aliphatic heterocycles. The normalized spacial score (nSPS) is 12.1. The summed E-state index contributed by atoms with van der Waals surface area (Å²) in [6, 6.07) is 43.6. The number of hydrogen-bond acceptors (Lipinski definition) is 2. The molecule has 0 aliphatic rings. The van der Waals surface area contributed by atoms with E-state index in [0.29, 0.717) is 0 Å². The monoisotopic (exact) mass is 593 g/mol. The van der Waals surface area contributed by atoms with Gasteiger partial charge in [0, 0.05) is 51.9 Å². The average molecular weight is 595 g/mol. The van der Waals surface area contributed by atoms with Gasteiger partial charge in [-0.25, -0.2) is 0 Å². The highest BCUT2D eigenvalue weighted by Gasteiger charge is 2.19. The summed E-state index contributed by atoms with van der Waals surface area (Å²) < 4.78 is 12.3. The van der Waals surface area contributed by atoms with Gasteiger partial charge in [-0.05, 0) is 65.7 Å². The van der Waals surface area contributed by atoms with Gasteiger partial charge in [0.25, 0.3) is 0 Å². The molecule has 0 unspecified atom stereocenters. The molecule has 4 heteroatoms. The highest BCUT2D eigenvalue weighted by Crippen LogP contribution is 2.44. The first kappa shape index (κ1) is 22.4. The molecule has 0 saturated carbocycles. The topological polar surface area (TPSA) is 18.1 Å². The Balaban J connectivity index is 1.39. The molecule has 0 saturated heterocycles. The molecule has 0 radical (unpaired) electrons. The predicted molar refractivity (Wildman–Crippen MR) is 174 cm³/mol. The van der Waals surface area contributed by atoms with Crippen LogP contribution in [-0.2, 0) is 0 Å². The lowest BCUT2D eigenvalue weighted by molar-refractivity contribution is 0.669. The second-order valence-electron chi connectivity index (χ2n) is 10.3. The molecule has 0 spiro atoms. The van der Waals surface area contributed by atoms with Crippen LogP contribution in [0.4, 0.5) is 0 Å². The molecule has 0 fully saturated rings. The SMILES string of the molecule is Brc1cccc2oc3ccc(-c4ccc5c6ccc7sc8ccccc8c7c6n(-c6ccccc6)c5c4)cc3c12. The Bertz CT molecular complexity index is 2450. The predicted octanol–water partition coefficient (Wildman–Crippen LogP) is 11.5. The fourth-order valence-corrected chi connectivity index (χ4v) is 7.97. The zero-order valence-corrected chi connectivity index (χ0v) is 23.6. The number of rotatable bonds is 2. The maximum absolute atomic E-state index is 6.15. The summed E-state index contributed by atoms with van der Waals surface area (Å²) >= 11 is 5.60. The van der Waals surface area contributed by atoms with Gasteiger partial charge in [0.05, 0.1) is 11.0 Å². The molecule has 0 N–H and O–H groups in total. The lowest BCUT2D eigenvalue weighted by Crippen LogP contribution is -1.94. The van der Waals surface area contributed by atoms with Gasteiger partial charge in [-0.1, -0.05) is 82.7 Å². The largest absolute Gasteiger partial charge is 0.456 e. The summed E-state index contributed by atoms with van der Waals surface area (Å²) in [5, 5.41) is 7.42. The Kier molecular flexibility index (Phi) is 4.66. The van der Waals surface area contributed by atoms with E-state index in [1.54, 1.807) is 0 Å². The van der Waals surface area contributed by atoms with Gasteiger partial charge in [-0.2, -0.15) is 0 Å². The van der Waals surface area contributed by atoms with Gasteiger partial charge in [-0.3, -0.25) is 0 Å². The molecule has 6 aromatic carbocycles. The first-order valence-corrected chi connectivity index (χ1v) is 14.9. The van der Waals surface area contributed by atoms with E-state index in [1.807, 2.05) is 23.5 Å². The van der Waals surface area contributed by atoms with Crippen molar-refractivity contribution in [1.82, 2.24) is 4.57 Å². The fraction of sp³-hybridized carbons (Fsp3) is 0. The van der Waals surface area contributed by atoms with Crippen molar-refractivity contribution >= 4 is 91.2 Å². The molecular weight excluding hydrogens is 574 g/mol. The number of benzene rings is 6. The molecule has 3 heterocycles. The van der Waals surface area contributed by atoms with Crippen LogP contribution in [0.25, 0.3) is 80.7 Å². The average Bonchev–Trinajstić information content (AvgIpc) is 3.66. The van der Waals surface area contributed by atoms with Gasteiger partial charge in [0.1, 0.15) is 11.2 Å². The van der Waals surface area contributed by atoms with Crippen molar-refractivity contribution in [2.24, 2.45) is 0 Å². The van der Waals surface area contributed by atoms with Gasteiger partial charge in [-0.15, -0.1) is 11.3 Å². The highest BCUT2D eigenvalue weighted by molar-refractivity contribution is 9.10. The molecule has 0 atom stereocenters. The van der Waals surface area contributed by atoms with Gasteiger partial charge >= 0.3 is 0 Å². The standard InChI is InChI=1S/C36H20BrNOS/c37-28-10-6-11-31-34(28)27-19-21(14-17-30(27)39-31)22-13-15-24-25-16-18-33-35(26-9-4-5-12-32(26)40-33)36(25)38(29(24)20-22)23-7-2-1-3-8-23/h1-20H. The summed E-state index contributed by atoms with van der Waals surface area (Å²) in [4.78, 5) is 0. The van der Waals surface area contributed by atoms with Crippen LogP contribution >= 0.6 is 27.3 Å². The first-order chi connectivity index (χ1) is 19.7. The van der Waals surface area contributed by atoms with E-state index >= 15 is 0 Å². The van der Waals surface area contributed by atoms with Gasteiger partial charge in [0.2, 0.25) is 0 Å². The second-order valence-corrected chi connectivity index (χ2v) is 12.2. The number of aromatic nitrogens is 1. The zero-order valence-electron chi connectivity index (χ0n) is 21.2. The molecule has 2 nitrogen and oxygen atoms in total. The third kappa shape index (κ3) is 3.09. The maximum Gasteiger partial charge on any atom is 0.136 e. The highest BCUT2D eigenvalue weighted by atomic mass is 79.9. The van der Waals surface area contributed by atoms with Gasteiger partial charge in [0.15, 0.2) is 0 Å². The molecular formula is C36H20BrNOS. The number of halogens is 1. The zero-order chi connectivity index (χ0) is 26.4. The molecule has 0 amide bonds. The van der Waals surface area contributed by atoms with Crippen molar-refractivity contribution in [3.8, 4) is 16.8 Å². The van der Waals surface area contributed by atoms with Crippen molar-refractivity contribution in [3.63, 3.8) is 0 Å². The van der Waals surface area contributed by atoms with Crippen LogP contribution in [0, 0.1) is 0 Å². The van der Waals surface area contributed by atoms with E-state index in [-0.39, 0.29) is 0 Å². The van der Waals surface area contributed by atoms with E-state index < -0.39 is 0 Å². The lowest BCUT2D eigenvalue weighted by atomic mass is 10.0. The van der Waals surface area contributed by atoms with E-state index in [9.17, 15) is 0 Å². The molecule has 9 aromatic rings. The van der Waals surface area contributed by atoms with Crippen LogP contribution < -0.4 is 0 Å². The van der Waals surface area contributed by atoms with Crippen molar-refractivity contribution < 1.29 is 4.42 Å². The molecule has 188 valence electrons. The third-order valence-electron chi connectivity index (χ3n) is 8.06. The second kappa shape index (κ2) is 8.31. The van der Waals surface area contributed by atoms with Crippen LogP contribution in [0.15, 0.2) is 130 Å². The minimum Gasteiger partial charge on any atom is -0.456 e. The molecule has 40 heavy (non-hydrogen) atoms. The minimum absolute atomic E-state index is 0.896. The Labute approximate surface area is 241 Å². The summed E-state index contributed by atoms with van der Waals surface area (Å²) in [5.74, 6) is 0. The van der Waals surface area contributed by atoms with E-state index in [1.165, 1.54) is 58.8 Å². The van der Waals surface area contributed by atoms with E-state index in [0.717, 1.165) is 26.4 Å².